The molecule has 0 bridgehead atoms. The second-order valence-corrected chi connectivity index (χ2v) is 7.44. The molecule has 1 aromatic rings. The molecule has 94 valence electrons. The van der Waals surface area contributed by atoms with E-state index in [-0.39, 0.29) is 0 Å². The van der Waals surface area contributed by atoms with Gasteiger partial charge >= 0.3 is 0 Å². The SMILES string of the molecule is C1=CC([Si]C2CCCC3=C2Cc2ccccc23)C=C1. The first-order chi connectivity index (χ1) is 9.42. The molecule has 0 spiro atoms. The van der Waals surface area contributed by atoms with Crippen molar-refractivity contribution in [3.63, 3.8) is 0 Å². The topological polar surface area (TPSA) is 0 Å². The lowest BCUT2D eigenvalue weighted by Crippen LogP contribution is -2.14. The maximum atomic E-state index is 2.37. The molecule has 1 atom stereocenters. The van der Waals surface area contributed by atoms with E-state index in [1.165, 1.54) is 25.7 Å². The van der Waals surface area contributed by atoms with Gasteiger partial charge in [0.05, 0.1) is 9.52 Å². The molecule has 1 heteroatoms. The maximum Gasteiger partial charge on any atom is 0.0605 e. The lowest BCUT2D eigenvalue weighted by atomic mass is 9.91. The van der Waals surface area contributed by atoms with Crippen molar-refractivity contribution in [1.82, 2.24) is 0 Å². The summed E-state index contributed by atoms with van der Waals surface area (Å²) in [6.45, 7) is 0. The van der Waals surface area contributed by atoms with Gasteiger partial charge in [0, 0.05) is 0 Å². The molecule has 3 aliphatic carbocycles. The van der Waals surface area contributed by atoms with E-state index in [2.05, 4.69) is 48.6 Å². The van der Waals surface area contributed by atoms with Crippen LogP contribution in [0.3, 0.4) is 0 Å². The van der Waals surface area contributed by atoms with Crippen molar-refractivity contribution in [3.05, 3.63) is 65.3 Å². The Bertz CT molecular complexity index is 579. The van der Waals surface area contributed by atoms with E-state index in [0.29, 0.717) is 5.54 Å². The Morgan fingerprint density at radius 3 is 2.79 bits per heavy atom. The number of hydrogen-bond acceptors (Lipinski definition) is 0. The van der Waals surface area contributed by atoms with Gasteiger partial charge in [0.15, 0.2) is 0 Å². The second-order valence-electron chi connectivity index (χ2n) is 5.74. The normalized spacial score (nSPS) is 24.9. The number of fused-ring (bicyclic) bond motifs is 2. The van der Waals surface area contributed by atoms with Crippen molar-refractivity contribution in [2.45, 2.75) is 36.8 Å². The number of benzene rings is 1. The van der Waals surface area contributed by atoms with Crippen LogP contribution in [0.1, 0.15) is 30.4 Å². The first kappa shape index (κ1) is 11.5. The molecule has 3 aliphatic rings. The molecule has 0 fully saturated rings. The summed E-state index contributed by atoms with van der Waals surface area (Å²) in [5, 5.41) is 0. The van der Waals surface area contributed by atoms with E-state index in [1.54, 1.807) is 22.3 Å². The van der Waals surface area contributed by atoms with Gasteiger partial charge in [-0.15, -0.1) is 0 Å². The summed E-state index contributed by atoms with van der Waals surface area (Å²) in [5.74, 6) is 0. The molecule has 0 saturated heterocycles. The zero-order valence-corrected chi connectivity index (χ0v) is 12.1. The van der Waals surface area contributed by atoms with Gasteiger partial charge in [0.1, 0.15) is 0 Å². The average molecular weight is 262 g/mol. The average Bonchev–Trinajstić information content (AvgIpc) is 3.06. The van der Waals surface area contributed by atoms with Crippen LogP contribution in [0.4, 0.5) is 0 Å². The number of rotatable bonds is 2. The van der Waals surface area contributed by atoms with Gasteiger partial charge in [0.25, 0.3) is 0 Å². The van der Waals surface area contributed by atoms with Crippen molar-refractivity contribution in [2.75, 3.05) is 0 Å². The predicted molar refractivity (Wildman–Crippen MR) is 82.5 cm³/mol. The Labute approximate surface area is 117 Å². The van der Waals surface area contributed by atoms with E-state index >= 15 is 0 Å². The molecule has 1 aromatic carbocycles. The highest BCUT2D eigenvalue weighted by atomic mass is 28.2. The standard InChI is InChI=1S/C18H18Si/c1-4-9-15-13(6-1)12-17-16(15)10-5-11-18(17)19-14-7-2-3-8-14/h1-4,6-9,14,18H,5,10-12H2. The molecule has 0 aromatic heterocycles. The van der Waals surface area contributed by atoms with Crippen LogP contribution in [-0.4, -0.2) is 9.52 Å². The highest BCUT2D eigenvalue weighted by Crippen LogP contribution is 2.47. The summed E-state index contributed by atoms with van der Waals surface area (Å²) < 4.78 is 0. The third-order valence-corrected chi connectivity index (χ3v) is 6.40. The molecule has 0 N–H and O–H groups in total. The Balaban J connectivity index is 1.64. The molecule has 0 amide bonds. The summed E-state index contributed by atoms with van der Waals surface area (Å²) in [7, 11) is 1.04. The van der Waals surface area contributed by atoms with Crippen LogP contribution in [0, 0.1) is 0 Å². The summed E-state index contributed by atoms with van der Waals surface area (Å²) in [6, 6.07) is 9.04. The van der Waals surface area contributed by atoms with Crippen LogP contribution in [0.2, 0.25) is 11.1 Å². The van der Waals surface area contributed by atoms with Crippen molar-refractivity contribution in [3.8, 4) is 0 Å². The fourth-order valence-electron chi connectivity index (χ4n) is 3.70. The van der Waals surface area contributed by atoms with Crippen LogP contribution in [-0.2, 0) is 6.42 Å². The van der Waals surface area contributed by atoms with E-state index in [4.69, 9.17) is 0 Å². The molecule has 19 heavy (non-hydrogen) atoms. The highest BCUT2D eigenvalue weighted by molar-refractivity contribution is 6.43. The Morgan fingerprint density at radius 2 is 1.89 bits per heavy atom. The first-order valence-electron chi connectivity index (χ1n) is 7.33. The molecule has 0 saturated carbocycles. The van der Waals surface area contributed by atoms with Gasteiger partial charge in [-0.1, -0.05) is 54.1 Å². The Morgan fingerprint density at radius 1 is 1.05 bits per heavy atom. The molecule has 0 aliphatic heterocycles. The number of allylic oxidation sites excluding steroid dienone is 6. The van der Waals surface area contributed by atoms with Crippen LogP contribution in [0.25, 0.3) is 5.57 Å². The number of hydrogen-bond donors (Lipinski definition) is 0. The Hall–Kier alpha value is -1.34. The van der Waals surface area contributed by atoms with Gasteiger partial charge < -0.3 is 0 Å². The molecule has 1 unspecified atom stereocenters. The summed E-state index contributed by atoms with van der Waals surface area (Å²) in [4.78, 5) is 0. The summed E-state index contributed by atoms with van der Waals surface area (Å²) in [6.07, 6.45) is 14.5. The van der Waals surface area contributed by atoms with Crippen LogP contribution in [0.15, 0.2) is 54.1 Å². The van der Waals surface area contributed by atoms with Crippen molar-refractivity contribution in [1.29, 1.82) is 0 Å². The van der Waals surface area contributed by atoms with Crippen molar-refractivity contribution >= 4 is 15.1 Å². The Kier molecular flexibility index (Phi) is 2.81. The van der Waals surface area contributed by atoms with E-state index in [0.717, 1.165) is 15.1 Å². The minimum atomic E-state index is 0.709. The minimum Gasteiger partial charge on any atom is -0.0809 e. The van der Waals surface area contributed by atoms with E-state index in [1.807, 2.05) is 0 Å². The molecule has 2 radical (unpaired) electrons. The van der Waals surface area contributed by atoms with Crippen molar-refractivity contribution in [2.24, 2.45) is 0 Å². The summed E-state index contributed by atoms with van der Waals surface area (Å²) in [5.41, 5.74) is 8.16. The van der Waals surface area contributed by atoms with Crippen LogP contribution < -0.4 is 0 Å². The smallest absolute Gasteiger partial charge is 0.0605 e. The first-order valence-corrected chi connectivity index (χ1v) is 8.48. The minimum absolute atomic E-state index is 0.709. The van der Waals surface area contributed by atoms with Crippen LogP contribution >= 0.6 is 0 Å². The zero-order valence-electron chi connectivity index (χ0n) is 11.1. The van der Waals surface area contributed by atoms with Gasteiger partial charge in [0.2, 0.25) is 0 Å². The fourth-order valence-corrected chi connectivity index (χ4v) is 5.46. The second kappa shape index (κ2) is 4.64. The molecular formula is C18H18Si. The van der Waals surface area contributed by atoms with Gasteiger partial charge in [-0.05, 0) is 53.5 Å². The van der Waals surface area contributed by atoms with E-state index in [9.17, 15) is 0 Å². The highest BCUT2D eigenvalue weighted by Gasteiger charge is 2.30. The largest absolute Gasteiger partial charge is 0.0809 e. The predicted octanol–water partition coefficient (Wildman–Crippen LogP) is 4.59. The van der Waals surface area contributed by atoms with E-state index < -0.39 is 0 Å². The van der Waals surface area contributed by atoms with Crippen LogP contribution in [0.5, 0.6) is 0 Å². The summed E-state index contributed by atoms with van der Waals surface area (Å²) >= 11 is 0. The van der Waals surface area contributed by atoms with Crippen molar-refractivity contribution < 1.29 is 0 Å². The fraction of sp³-hybridized carbons (Fsp3) is 0.333. The monoisotopic (exact) mass is 262 g/mol. The third kappa shape index (κ3) is 1.97. The lowest BCUT2D eigenvalue weighted by molar-refractivity contribution is 0.702. The maximum absolute atomic E-state index is 2.37. The zero-order chi connectivity index (χ0) is 12.7. The molecule has 4 rings (SSSR count). The van der Waals surface area contributed by atoms with Gasteiger partial charge in [-0.3, -0.25) is 0 Å². The molecule has 0 nitrogen and oxygen atoms in total. The lowest BCUT2D eigenvalue weighted by Gasteiger charge is -2.26. The van der Waals surface area contributed by atoms with Gasteiger partial charge in [-0.25, -0.2) is 0 Å². The third-order valence-electron chi connectivity index (χ3n) is 4.59. The van der Waals surface area contributed by atoms with Gasteiger partial charge in [-0.2, -0.15) is 0 Å². The molecule has 0 heterocycles. The quantitative estimate of drug-likeness (QED) is 0.684. The molecular weight excluding hydrogens is 244 g/mol.